The average Bonchev–Trinajstić information content (AvgIpc) is 2.90. The lowest BCUT2D eigenvalue weighted by Gasteiger charge is -2.16. The molecule has 1 saturated heterocycles. The first-order valence-electron chi connectivity index (χ1n) is 7.80. The quantitative estimate of drug-likeness (QED) is 0.531. The van der Waals surface area contributed by atoms with Crippen molar-refractivity contribution in [2.24, 2.45) is 0 Å². The minimum Gasteiger partial charge on any atom is -0.362 e. The van der Waals surface area contributed by atoms with E-state index in [9.17, 15) is 4.79 Å². The zero-order valence-electron chi connectivity index (χ0n) is 13.3. The number of nitrogens with one attached hydrogen (secondary N) is 3. The summed E-state index contributed by atoms with van der Waals surface area (Å²) < 4.78 is 0. The van der Waals surface area contributed by atoms with Gasteiger partial charge in [0.15, 0.2) is 5.11 Å². The molecule has 0 radical (unpaired) electrons. The Morgan fingerprint density at radius 3 is 2.64 bits per heavy atom. The number of carbonyl (C=O) groups is 1. The van der Waals surface area contributed by atoms with Gasteiger partial charge in [0.2, 0.25) is 5.91 Å². The van der Waals surface area contributed by atoms with Crippen LogP contribution in [-0.2, 0) is 4.79 Å². The third kappa shape index (κ3) is 4.96. The number of carbonyl (C=O) groups excluding carboxylic acids is 1. The molecule has 120 valence electrons. The van der Waals surface area contributed by atoms with Gasteiger partial charge in [0, 0.05) is 37.3 Å². The van der Waals surface area contributed by atoms with E-state index in [0.29, 0.717) is 11.5 Å². The summed E-state index contributed by atoms with van der Waals surface area (Å²) in [6, 6.07) is 7.84. The molecule has 6 heteroatoms. The maximum Gasteiger partial charge on any atom is 0.227 e. The second kappa shape index (κ2) is 8.10. The van der Waals surface area contributed by atoms with Gasteiger partial charge in [-0.2, -0.15) is 0 Å². The molecule has 0 aromatic heterocycles. The molecule has 0 bridgehead atoms. The van der Waals surface area contributed by atoms with Gasteiger partial charge in [-0.3, -0.25) is 4.79 Å². The molecular weight excluding hydrogens is 296 g/mol. The van der Waals surface area contributed by atoms with Gasteiger partial charge in [-0.25, -0.2) is 0 Å². The summed E-state index contributed by atoms with van der Waals surface area (Å²) in [5, 5.41) is 7.01. The molecular formula is C16H25N4OS+. The zero-order valence-corrected chi connectivity index (χ0v) is 14.1. The first-order chi connectivity index (χ1) is 10.6. The summed E-state index contributed by atoms with van der Waals surface area (Å²) in [5.41, 5.74) is 1.90. The number of rotatable bonds is 6. The molecule has 2 rings (SSSR count). The minimum atomic E-state index is 0.209. The predicted molar refractivity (Wildman–Crippen MR) is 94.5 cm³/mol. The Balaban J connectivity index is 1.78. The third-order valence-corrected chi connectivity index (χ3v) is 3.90. The first-order valence-corrected chi connectivity index (χ1v) is 8.21. The number of hydrogen-bond donors (Lipinski definition) is 3. The van der Waals surface area contributed by atoms with E-state index in [1.165, 1.54) is 4.90 Å². The van der Waals surface area contributed by atoms with Crippen LogP contribution in [0.25, 0.3) is 0 Å². The van der Waals surface area contributed by atoms with E-state index in [2.05, 4.69) is 24.7 Å². The zero-order chi connectivity index (χ0) is 15.9. The van der Waals surface area contributed by atoms with Crippen LogP contribution in [-0.4, -0.2) is 44.7 Å². The van der Waals surface area contributed by atoms with Gasteiger partial charge in [-0.1, -0.05) is 0 Å². The van der Waals surface area contributed by atoms with Crippen LogP contribution in [0.1, 0.15) is 19.3 Å². The molecule has 1 heterocycles. The van der Waals surface area contributed by atoms with Gasteiger partial charge in [0.05, 0.1) is 20.6 Å². The Labute approximate surface area is 137 Å². The van der Waals surface area contributed by atoms with Crippen LogP contribution in [0.5, 0.6) is 0 Å². The molecule has 5 nitrogen and oxygen atoms in total. The molecule has 1 aliphatic rings. The highest BCUT2D eigenvalue weighted by Gasteiger charge is 2.21. The molecule has 22 heavy (non-hydrogen) atoms. The number of amides is 1. The second-order valence-electron chi connectivity index (χ2n) is 5.89. The van der Waals surface area contributed by atoms with Gasteiger partial charge in [0.25, 0.3) is 0 Å². The summed E-state index contributed by atoms with van der Waals surface area (Å²) in [5.74, 6) is 0.209. The van der Waals surface area contributed by atoms with Crippen molar-refractivity contribution in [1.29, 1.82) is 0 Å². The fourth-order valence-electron chi connectivity index (χ4n) is 2.47. The van der Waals surface area contributed by atoms with E-state index in [1.807, 2.05) is 29.2 Å². The van der Waals surface area contributed by atoms with Crippen molar-refractivity contribution in [1.82, 2.24) is 5.32 Å². The smallest absolute Gasteiger partial charge is 0.227 e. The topological polar surface area (TPSA) is 48.8 Å². The monoisotopic (exact) mass is 321 g/mol. The van der Waals surface area contributed by atoms with Crippen molar-refractivity contribution >= 4 is 34.6 Å². The first kappa shape index (κ1) is 16.7. The van der Waals surface area contributed by atoms with E-state index in [-0.39, 0.29) is 5.91 Å². The summed E-state index contributed by atoms with van der Waals surface area (Å²) in [7, 11) is 4.28. The second-order valence-corrected chi connectivity index (χ2v) is 6.30. The standard InChI is InChI=1S/C16H24N4OS/c1-19(2)11-4-10-17-16(22)18-13-6-8-14(9-7-13)20-12-3-5-15(20)21/h6-9H,3-5,10-12H2,1-2H3,(H2,17,18,22)/p+1. The lowest BCUT2D eigenvalue weighted by atomic mass is 10.2. The van der Waals surface area contributed by atoms with E-state index >= 15 is 0 Å². The van der Waals surface area contributed by atoms with Crippen molar-refractivity contribution < 1.29 is 9.69 Å². The van der Waals surface area contributed by atoms with Crippen LogP contribution in [0.15, 0.2) is 24.3 Å². The molecule has 1 aliphatic heterocycles. The maximum atomic E-state index is 11.7. The van der Waals surface area contributed by atoms with Gasteiger partial charge in [-0.05, 0) is 42.9 Å². The average molecular weight is 321 g/mol. The molecule has 0 saturated carbocycles. The Morgan fingerprint density at radius 2 is 2.05 bits per heavy atom. The molecule has 0 unspecified atom stereocenters. The summed E-state index contributed by atoms with van der Waals surface area (Å²) in [4.78, 5) is 15.0. The third-order valence-electron chi connectivity index (χ3n) is 3.65. The molecule has 1 amide bonds. The van der Waals surface area contributed by atoms with Crippen LogP contribution in [0, 0.1) is 0 Å². The fraction of sp³-hybridized carbons (Fsp3) is 0.500. The highest BCUT2D eigenvalue weighted by Crippen LogP contribution is 2.22. The highest BCUT2D eigenvalue weighted by molar-refractivity contribution is 7.80. The van der Waals surface area contributed by atoms with Crippen LogP contribution < -0.4 is 20.4 Å². The molecule has 1 aromatic rings. The Kier molecular flexibility index (Phi) is 6.15. The van der Waals surface area contributed by atoms with E-state index in [1.54, 1.807) is 0 Å². The Bertz CT molecular complexity index is 515. The number of benzene rings is 1. The largest absolute Gasteiger partial charge is 0.362 e. The Morgan fingerprint density at radius 1 is 1.32 bits per heavy atom. The predicted octanol–water partition coefficient (Wildman–Crippen LogP) is 0.634. The van der Waals surface area contributed by atoms with Crippen LogP contribution in [0.3, 0.4) is 0 Å². The number of quaternary nitrogens is 1. The van der Waals surface area contributed by atoms with Gasteiger partial charge < -0.3 is 20.4 Å². The maximum absolute atomic E-state index is 11.7. The molecule has 0 atom stereocenters. The van der Waals surface area contributed by atoms with Crippen molar-refractivity contribution in [2.45, 2.75) is 19.3 Å². The molecule has 0 aliphatic carbocycles. The lowest BCUT2D eigenvalue weighted by molar-refractivity contribution is -0.858. The molecule has 1 aromatic carbocycles. The summed E-state index contributed by atoms with van der Waals surface area (Å²) in [6.07, 6.45) is 2.68. The van der Waals surface area contributed by atoms with E-state index in [0.717, 1.165) is 43.9 Å². The van der Waals surface area contributed by atoms with Gasteiger partial charge in [-0.15, -0.1) is 0 Å². The molecule has 3 N–H and O–H groups in total. The minimum absolute atomic E-state index is 0.209. The SMILES string of the molecule is C[NH+](C)CCCNC(=S)Nc1ccc(N2CCCC2=O)cc1. The van der Waals surface area contributed by atoms with Crippen molar-refractivity contribution in [3.63, 3.8) is 0 Å². The van der Waals surface area contributed by atoms with Crippen LogP contribution >= 0.6 is 12.2 Å². The lowest BCUT2D eigenvalue weighted by Crippen LogP contribution is -3.05. The number of nitrogens with zero attached hydrogens (tertiary/aromatic N) is 1. The van der Waals surface area contributed by atoms with Crippen molar-refractivity contribution in [3.8, 4) is 0 Å². The number of hydrogen-bond acceptors (Lipinski definition) is 2. The normalized spacial score (nSPS) is 14.5. The summed E-state index contributed by atoms with van der Waals surface area (Å²) in [6.45, 7) is 2.81. The van der Waals surface area contributed by atoms with Crippen LogP contribution in [0.4, 0.5) is 11.4 Å². The van der Waals surface area contributed by atoms with Crippen molar-refractivity contribution in [3.05, 3.63) is 24.3 Å². The highest BCUT2D eigenvalue weighted by atomic mass is 32.1. The molecule has 0 spiro atoms. The van der Waals surface area contributed by atoms with Crippen molar-refractivity contribution in [2.75, 3.05) is 43.9 Å². The van der Waals surface area contributed by atoms with E-state index in [4.69, 9.17) is 12.2 Å². The van der Waals surface area contributed by atoms with E-state index < -0.39 is 0 Å². The molecule has 1 fully saturated rings. The number of anilines is 2. The number of thiocarbonyl (C=S) groups is 1. The van der Waals surface area contributed by atoms with Gasteiger partial charge >= 0.3 is 0 Å². The summed E-state index contributed by atoms with van der Waals surface area (Å²) >= 11 is 5.28. The Hall–Kier alpha value is -1.66. The van der Waals surface area contributed by atoms with Crippen LogP contribution in [0.2, 0.25) is 0 Å². The fourth-order valence-corrected chi connectivity index (χ4v) is 2.68. The van der Waals surface area contributed by atoms with Gasteiger partial charge in [0.1, 0.15) is 0 Å².